The highest BCUT2D eigenvalue weighted by molar-refractivity contribution is 7.99. The third-order valence-electron chi connectivity index (χ3n) is 4.52. The zero-order valence-corrected chi connectivity index (χ0v) is 19.1. The lowest BCUT2D eigenvalue weighted by atomic mass is 10.1. The van der Waals surface area contributed by atoms with Crippen molar-refractivity contribution in [2.45, 2.75) is 44.7 Å². The van der Waals surface area contributed by atoms with Gasteiger partial charge in [0.25, 0.3) is 0 Å². The quantitative estimate of drug-likeness (QED) is 0.509. The van der Waals surface area contributed by atoms with Crippen molar-refractivity contribution in [3.05, 3.63) is 64.9 Å². The van der Waals surface area contributed by atoms with Crippen molar-refractivity contribution in [1.82, 2.24) is 10.2 Å². The Morgan fingerprint density at radius 1 is 1.07 bits per heavy atom. The number of nitrogens with zero attached hydrogens (tertiary/aromatic N) is 1. The maximum Gasteiger partial charge on any atom is 0.242 e. The molecule has 0 aliphatic carbocycles. The van der Waals surface area contributed by atoms with Gasteiger partial charge in [-0.2, -0.15) is 0 Å². The predicted octanol–water partition coefficient (Wildman–Crippen LogP) is 5.15. The van der Waals surface area contributed by atoms with Crippen LogP contribution in [0.4, 0.5) is 4.39 Å². The van der Waals surface area contributed by atoms with Crippen LogP contribution >= 0.6 is 23.4 Å². The van der Waals surface area contributed by atoms with Crippen molar-refractivity contribution in [2.24, 2.45) is 5.92 Å². The highest BCUT2D eigenvalue weighted by Gasteiger charge is 2.26. The van der Waals surface area contributed by atoms with Gasteiger partial charge in [-0.15, -0.1) is 11.8 Å². The van der Waals surface area contributed by atoms with Crippen LogP contribution in [0.5, 0.6) is 0 Å². The Bertz CT molecular complexity index is 828. The number of hydrogen-bond donors (Lipinski definition) is 1. The lowest BCUT2D eigenvalue weighted by Gasteiger charge is -2.29. The first kappa shape index (κ1) is 24.2. The molecule has 0 unspecified atom stereocenters. The second-order valence-corrected chi connectivity index (χ2v) is 9.12. The van der Waals surface area contributed by atoms with Crippen molar-refractivity contribution >= 4 is 35.2 Å². The SMILES string of the molecule is CC(C)CNC(=O)[C@H](C)N(Cc1ccc(F)cc1)C(=O)CCSc1ccc(Cl)cc1. The Hall–Kier alpha value is -2.05. The number of benzene rings is 2. The molecule has 0 spiro atoms. The van der Waals surface area contributed by atoms with Crippen molar-refractivity contribution in [3.63, 3.8) is 0 Å². The largest absolute Gasteiger partial charge is 0.354 e. The van der Waals surface area contributed by atoms with E-state index in [4.69, 9.17) is 11.6 Å². The van der Waals surface area contributed by atoms with E-state index in [0.717, 1.165) is 10.5 Å². The van der Waals surface area contributed by atoms with Crippen LogP contribution in [0, 0.1) is 11.7 Å². The van der Waals surface area contributed by atoms with E-state index >= 15 is 0 Å². The third kappa shape index (κ3) is 8.00. The van der Waals surface area contributed by atoms with Crippen molar-refractivity contribution in [2.75, 3.05) is 12.3 Å². The molecule has 0 saturated heterocycles. The van der Waals surface area contributed by atoms with E-state index in [0.29, 0.717) is 23.2 Å². The third-order valence-corrected chi connectivity index (χ3v) is 5.78. The maximum absolute atomic E-state index is 13.2. The minimum atomic E-state index is -0.623. The van der Waals surface area contributed by atoms with E-state index in [2.05, 4.69) is 5.32 Å². The van der Waals surface area contributed by atoms with Crippen LogP contribution in [0.25, 0.3) is 0 Å². The smallest absolute Gasteiger partial charge is 0.242 e. The fraction of sp³-hybridized carbons (Fsp3) is 0.391. The topological polar surface area (TPSA) is 49.4 Å². The summed E-state index contributed by atoms with van der Waals surface area (Å²) in [6.45, 7) is 6.55. The molecule has 0 fully saturated rings. The zero-order chi connectivity index (χ0) is 22.1. The highest BCUT2D eigenvalue weighted by atomic mass is 35.5. The molecule has 2 aromatic carbocycles. The molecule has 1 N–H and O–H groups in total. The van der Waals surface area contributed by atoms with E-state index in [1.54, 1.807) is 35.7 Å². The molecule has 0 bridgehead atoms. The number of halogens is 2. The lowest BCUT2D eigenvalue weighted by molar-refractivity contribution is -0.140. The summed E-state index contributed by atoms with van der Waals surface area (Å²) in [5.74, 6) is 0.259. The number of thioether (sulfide) groups is 1. The van der Waals surface area contributed by atoms with Gasteiger partial charge < -0.3 is 10.2 Å². The molecule has 2 aromatic rings. The number of rotatable bonds is 10. The molecule has 0 aliphatic rings. The summed E-state index contributed by atoms with van der Waals surface area (Å²) < 4.78 is 13.2. The van der Waals surface area contributed by atoms with Crippen LogP contribution in [0.1, 0.15) is 32.8 Å². The fourth-order valence-corrected chi connectivity index (χ4v) is 3.72. The predicted molar refractivity (Wildman–Crippen MR) is 121 cm³/mol. The first-order valence-electron chi connectivity index (χ1n) is 9.96. The van der Waals surface area contributed by atoms with Gasteiger partial charge in [0, 0.05) is 35.2 Å². The molecule has 0 aromatic heterocycles. The van der Waals surface area contributed by atoms with Crippen LogP contribution < -0.4 is 5.32 Å². The van der Waals surface area contributed by atoms with Gasteiger partial charge in [0.2, 0.25) is 11.8 Å². The van der Waals surface area contributed by atoms with Gasteiger partial charge in [-0.1, -0.05) is 37.6 Å². The Labute approximate surface area is 187 Å². The molecule has 162 valence electrons. The van der Waals surface area contributed by atoms with Crippen molar-refractivity contribution in [1.29, 1.82) is 0 Å². The molecule has 0 saturated carbocycles. The maximum atomic E-state index is 13.2. The molecule has 2 amide bonds. The Morgan fingerprint density at radius 3 is 2.30 bits per heavy atom. The van der Waals surface area contributed by atoms with E-state index in [1.165, 1.54) is 12.1 Å². The highest BCUT2D eigenvalue weighted by Crippen LogP contribution is 2.22. The average Bonchev–Trinajstić information content (AvgIpc) is 2.72. The minimum absolute atomic E-state index is 0.118. The summed E-state index contributed by atoms with van der Waals surface area (Å²) in [7, 11) is 0. The van der Waals surface area contributed by atoms with Crippen LogP contribution in [-0.2, 0) is 16.1 Å². The average molecular weight is 451 g/mol. The molecule has 1 atom stereocenters. The van der Waals surface area contributed by atoms with E-state index in [9.17, 15) is 14.0 Å². The number of hydrogen-bond acceptors (Lipinski definition) is 3. The molecule has 30 heavy (non-hydrogen) atoms. The van der Waals surface area contributed by atoms with E-state index < -0.39 is 6.04 Å². The first-order chi connectivity index (χ1) is 14.3. The number of carbonyl (C=O) groups excluding carboxylic acids is 2. The summed E-state index contributed by atoms with van der Waals surface area (Å²) in [4.78, 5) is 28.2. The Balaban J connectivity index is 2.04. The second-order valence-electron chi connectivity index (χ2n) is 7.52. The first-order valence-corrected chi connectivity index (χ1v) is 11.3. The monoisotopic (exact) mass is 450 g/mol. The number of amides is 2. The van der Waals surface area contributed by atoms with Crippen LogP contribution in [0.15, 0.2) is 53.4 Å². The molecule has 0 heterocycles. The second kappa shape index (κ2) is 12.0. The molecular formula is C23H28ClFN2O2S. The van der Waals surface area contributed by atoms with Crippen LogP contribution in [0.3, 0.4) is 0 Å². The van der Waals surface area contributed by atoms with E-state index in [-0.39, 0.29) is 30.6 Å². The molecular weight excluding hydrogens is 423 g/mol. The van der Waals surface area contributed by atoms with Gasteiger partial charge >= 0.3 is 0 Å². The normalized spacial score (nSPS) is 11.9. The fourth-order valence-electron chi connectivity index (χ4n) is 2.75. The molecule has 2 rings (SSSR count). The van der Waals surface area contributed by atoms with Gasteiger partial charge in [0.15, 0.2) is 0 Å². The summed E-state index contributed by atoms with van der Waals surface area (Å²) >= 11 is 7.46. The summed E-state index contributed by atoms with van der Waals surface area (Å²) in [5, 5.41) is 3.56. The Kier molecular flexibility index (Phi) is 9.66. The van der Waals surface area contributed by atoms with Crippen LogP contribution in [-0.4, -0.2) is 35.1 Å². The van der Waals surface area contributed by atoms with Crippen LogP contribution in [0.2, 0.25) is 5.02 Å². The van der Waals surface area contributed by atoms with Gasteiger partial charge in [0.05, 0.1) is 0 Å². The number of nitrogens with one attached hydrogen (secondary N) is 1. The summed E-state index contributed by atoms with van der Waals surface area (Å²) in [6, 6.07) is 12.8. The van der Waals surface area contributed by atoms with Gasteiger partial charge in [-0.05, 0) is 54.8 Å². The van der Waals surface area contributed by atoms with Crippen molar-refractivity contribution < 1.29 is 14.0 Å². The minimum Gasteiger partial charge on any atom is -0.354 e. The summed E-state index contributed by atoms with van der Waals surface area (Å²) in [6.07, 6.45) is 0.288. The van der Waals surface area contributed by atoms with Gasteiger partial charge in [-0.25, -0.2) is 4.39 Å². The molecule has 4 nitrogen and oxygen atoms in total. The molecule has 7 heteroatoms. The molecule has 0 radical (unpaired) electrons. The summed E-state index contributed by atoms with van der Waals surface area (Å²) in [5.41, 5.74) is 0.776. The zero-order valence-electron chi connectivity index (χ0n) is 17.5. The van der Waals surface area contributed by atoms with E-state index in [1.807, 2.05) is 38.1 Å². The van der Waals surface area contributed by atoms with Crippen molar-refractivity contribution in [3.8, 4) is 0 Å². The number of carbonyl (C=O) groups is 2. The van der Waals surface area contributed by atoms with Gasteiger partial charge in [0.1, 0.15) is 11.9 Å². The van der Waals surface area contributed by atoms with Gasteiger partial charge in [-0.3, -0.25) is 9.59 Å². The Morgan fingerprint density at radius 2 is 1.70 bits per heavy atom. The standard InChI is InChI=1S/C23H28ClFN2O2S/c1-16(2)14-26-23(29)17(3)27(15-18-4-8-20(25)9-5-18)22(28)12-13-30-21-10-6-19(24)7-11-21/h4-11,16-17H,12-15H2,1-3H3,(H,26,29)/t17-/m0/s1. The molecule has 0 aliphatic heterocycles. The lowest BCUT2D eigenvalue weighted by Crippen LogP contribution is -2.48.